The van der Waals surface area contributed by atoms with Crippen molar-refractivity contribution in [2.45, 2.75) is 44.6 Å². The fourth-order valence-electron chi connectivity index (χ4n) is 2.97. The molecule has 0 atom stereocenters. The first kappa shape index (κ1) is 14.7. The van der Waals surface area contributed by atoms with Crippen LogP contribution in [0, 0.1) is 0 Å². The topological polar surface area (TPSA) is 55.1 Å². The summed E-state index contributed by atoms with van der Waals surface area (Å²) in [6.45, 7) is 0. The highest BCUT2D eigenvalue weighted by Crippen LogP contribution is 2.38. The second kappa shape index (κ2) is 6.24. The number of hydrogen-bond acceptors (Lipinski definition) is 3. The van der Waals surface area contributed by atoms with Gasteiger partial charge in [0.05, 0.1) is 10.7 Å². The van der Waals surface area contributed by atoms with Crippen molar-refractivity contribution < 1.29 is 4.79 Å². The molecule has 1 heterocycles. The number of halogens is 1. The Morgan fingerprint density at radius 2 is 1.95 bits per heavy atom. The van der Waals surface area contributed by atoms with E-state index < -0.39 is 0 Å². The van der Waals surface area contributed by atoms with Crippen molar-refractivity contribution in [3.63, 3.8) is 0 Å². The summed E-state index contributed by atoms with van der Waals surface area (Å²) in [4.78, 5) is 13.1. The third kappa shape index (κ3) is 3.01. The first-order valence-corrected chi connectivity index (χ1v) is 8.63. The Kier molecular flexibility index (Phi) is 4.36. The van der Waals surface area contributed by atoms with Gasteiger partial charge in [-0.1, -0.05) is 43.4 Å². The second-order valence-corrected chi connectivity index (χ2v) is 7.08. The molecule has 1 aromatic heterocycles. The van der Waals surface area contributed by atoms with Crippen LogP contribution >= 0.6 is 22.9 Å². The number of carbonyl (C=O) groups excluding carboxylic acids is 1. The quantitative estimate of drug-likeness (QED) is 0.794. The molecule has 0 bridgehead atoms. The molecule has 3 nitrogen and oxygen atoms in total. The maximum absolute atomic E-state index is 12.5. The lowest BCUT2D eigenvalue weighted by Gasteiger charge is -2.15. The Morgan fingerprint density at radius 3 is 2.62 bits per heavy atom. The largest absolute Gasteiger partial charge is 0.397 e. The molecule has 1 amide bonds. The fourth-order valence-corrected chi connectivity index (χ4v) is 4.36. The van der Waals surface area contributed by atoms with Gasteiger partial charge >= 0.3 is 0 Å². The maximum atomic E-state index is 12.5. The number of amides is 1. The number of nitrogens with one attached hydrogen (secondary N) is 1. The predicted molar refractivity (Wildman–Crippen MR) is 90.2 cm³/mol. The number of thiophene rings is 1. The molecule has 1 aliphatic rings. The number of hydrogen-bond donors (Lipinski definition) is 2. The van der Waals surface area contributed by atoms with Crippen molar-refractivity contribution in [1.82, 2.24) is 5.32 Å². The number of nitrogens with two attached hydrogens (primary N) is 1. The molecule has 1 aliphatic carbocycles. The highest BCUT2D eigenvalue weighted by molar-refractivity contribution is 7.21. The first-order valence-electron chi connectivity index (χ1n) is 7.44. The molecule has 21 heavy (non-hydrogen) atoms. The van der Waals surface area contributed by atoms with Gasteiger partial charge in [0.15, 0.2) is 0 Å². The lowest BCUT2D eigenvalue weighted by molar-refractivity contribution is 0.0938. The molecule has 2 aromatic rings. The smallest absolute Gasteiger partial charge is 0.263 e. The van der Waals surface area contributed by atoms with Crippen molar-refractivity contribution in [2.24, 2.45) is 0 Å². The maximum Gasteiger partial charge on any atom is 0.263 e. The van der Waals surface area contributed by atoms with Crippen LogP contribution in [-0.2, 0) is 0 Å². The molecule has 1 aromatic carbocycles. The highest BCUT2D eigenvalue weighted by Gasteiger charge is 2.21. The Hall–Kier alpha value is -1.26. The van der Waals surface area contributed by atoms with Crippen LogP contribution in [0.4, 0.5) is 5.69 Å². The summed E-state index contributed by atoms with van der Waals surface area (Å²) in [6, 6.07) is 5.91. The minimum Gasteiger partial charge on any atom is -0.397 e. The zero-order valence-corrected chi connectivity index (χ0v) is 13.4. The van der Waals surface area contributed by atoms with Crippen molar-refractivity contribution in [1.29, 1.82) is 0 Å². The minimum absolute atomic E-state index is 0.0586. The van der Waals surface area contributed by atoms with E-state index in [1.54, 1.807) is 6.07 Å². The van der Waals surface area contributed by atoms with Crippen LogP contribution in [0.25, 0.3) is 10.1 Å². The molecule has 5 heteroatoms. The van der Waals surface area contributed by atoms with Gasteiger partial charge < -0.3 is 11.1 Å². The molecule has 3 N–H and O–H groups in total. The molecular weight excluding hydrogens is 304 g/mol. The van der Waals surface area contributed by atoms with Crippen LogP contribution in [0.5, 0.6) is 0 Å². The lowest BCUT2D eigenvalue weighted by atomic mass is 10.1. The van der Waals surface area contributed by atoms with Gasteiger partial charge in [-0.3, -0.25) is 4.79 Å². The van der Waals surface area contributed by atoms with E-state index in [1.807, 2.05) is 12.1 Å². The van der Waals surface area contributed by atoms with Crippen LogP contribution in [0.15, 0.2) is 18.2 Å². The van der Waals surface area contributed by atoms with Gasteiger partial charge in [-0.2, -0.15) is 0 Å². The molecular formula is C16H19ClN2OS. The molecule has 0 radical (unpaired) electrons. The van der Waals surface area contributed by atoms with E-state index in [0.29, 0.717) is 15.6 Å². The third-order valence-electron chi connectivity index (χ3n) is 4.10. The van der Waals surface area contributed by atoms with E-state index >= 15 is 0 Å². The highest BCUT2D eigenvalue weighted by atomic mass is 35.5. The van der Waals surface area contributed by atoms with E-state index in [2.05, 4.69) is 5.32 Å². The normalized spacial score (nSPS) is 16.8. The van der Waals surface area contributed by atoms with Crippen molar-refractivity contribution in [2.75, 3.05) is 5.73 Å². The summed E-state index contributed by atoms with van der Waals surface area (Å²) in [5.41, 5.74) is 6.65. The van der Waals surface area contributed by atoms with E-state index in [1.165, 1.54) is 37.0 Å². The van der Waals surface area contributed by atoms with Crippen LogP contribution in [0.2, 0.25) is 5.02 Å². The van der Waals surface area contributed by atoms with E-state index in [0.717, 1.165) is 22.9 Å². The van der Waals surface area contributed by atoms with Gasteiger partial charge in [0, 0.05) is 16.1 Å². The standard InChI is InChI=1S/C16H19ClN2OS/c17-11-8-5-9-12-13(11)14(18)15(21-12)16(20)19-10-6-3-1-2-4-7-10/h5,8-10H,1-4,6-7,18H2,(H,19,20). The van der Waals surface area contributed by atoms with E-state index in [-0.39, 0.29) is 11.9 Å². The van der Waals surface area contributed by atoms with E-state index in [9.17, 15) is 4.79 Å². The zero-order chi connectivity index (χ0) is 14.8. The fraction of sp³-hybridized carbons (Fsp3) is 0.438. The summed E-state index contributed by atoms with van der Waals surface area (Å²) < 4.78 is 0.964. The number of rotatable bonds is 2. The predicted octanol–water partition coefficient (Wildman–Crippen LogP) is 4.59. The minimum atomic E-state index is -0.0586. The van der Waals surface area contributed by atoms with Crippen molar-refractivity contribution in [3.8, 4) is 0 Å². The Balaban J connectivity index is 1.84. The number of anilines is 1. The number of benzene rings is 1. The van der Waals surface area contributed by atoms with Crippen molar-refractivity contribution in [3.05, 3.63) is 28.1 Å². The lowest BCUT2D eigenvalue weighted by Crippen LogP contribution is -2.34. The summed E-state index contributed by atoms with van der Waals surface area (Å²) in [6.07, 6.45) is 7.06. The van der Waals surface area contributed by atoms with Gasteiger partial charge in [0.25, 0.3) is 5.91 Å². The number of fused-ring (bicyclic) bond motifs is 1. The van der Waals surface area contributed by atoms with Crippen molar-refractivity contribution >= 4 is 44.6 Å². The van der Waals surface area contributed by atoms with E-state index in [4.69, 9.17) is 17.3 Å². The molecule has 0 saturated heterocycles. The molecule has 0 unspecified atom stereocenters. The van der Waals surface area contributed by atoms with Crippen LogP contribution in [0.1, 0.15) is 48.2 Å². The zero-order valence-electron chi connectivity index (χ0n) is 11.8. The van der Waals surface area contributed by atoms with Crippen LogP contribution in [-0.4, -0.2) is 11.9 Å². The van der Waals surface area contributed by atoms with Crippen LogP contribution < -0.4 is 11.1 Å². The van der Waals surface area contributed by atoms with Crippen LogP contribution in [0.3, 0.4) is 0 Å². The average Bonchev–Trinajstić information content (AvgIpc) is 2.64. The van der Waals surface area contributed by atoms with Gasteiger partial charge in [-0.15, -0.1) is 11.3 Å². The van der Waals surface area contributed by atoms with Gasteiger partial charge in [0.1, 0.15) is 4.88 Å². The SMILES string of the molecule is Nc1c(C(=O)NC2CCCCCC2)sc2cccc(Cl)c12. The summed E-state index contributed by atoms with van der Waals surface area (Å²) in [7, 11) is 0. The van der Waals surface area contributed by atoms with Gasteiger partial charge in [-0.05, 0) is 25.0 Å². The Bertz CT molecular complexity index is 660. The first-order chi connectivity index (χ1) is 10.2. The monoisotopic (exact) mass is 322 g/mol. The molecule has 1 fully saturated rings. The summed E-state index contributed by atoms with van der Waals surface area (Å²) in [5.74, 6) is -0.0586. The summed E-state index contributed by atoms with van der Waals surface area (Å²) >= 11 is 7.61. The average molecular weight is 323 g/mol. The second-order valence-electron chi connectivity index (χ2n) is 5.62. The van der Waals surface area contributed by atoms with Gasteiger partial charge in [0.2, 0.25) is 0 Å². The molecule has 0 spiro atoms. The molecule has 112 valence electrons. The third-order valence-corrected chi connectivity index (χ3v) is 5.58. The Labute approximate surface area is 133 Å². The molecule has 1 saturated carbocycles. The molecule has 3 rings (SSSR count). The van der Waals surface area contributed by atoms with Gasteiger partial charge in [-0.25, -0.2) is 0 Å². The summed E-state index contributed by atoms with van der Waals surface area (Å²) in [5, 5.41) is 4.55. The number of nitrogen functional groups attached to an aromatic ring is 1. The number of carbonyl (C=O) groups is 1. The molecule has 0 aliphatic heterocycles. The Morgan fingerprint density at radius 1 is 1.24 bits per heavy atom.